The number of aliphatic hydroxyl groups excluding tert-OH is 2. The second-order valence-electron chi connectivity index (χ2n) is 16.5. The van der Waals surface area contributed by atoms with Crippen LogP contribution in [0, 0.1) is 0 Å². The van der Waals surface area contributed by atoms with Gasteiger partial charge in [-0.1, -0.05) is 199 Å². The van der Waals surface area contributed by atoms with E-state index in [1.165, 1.54) is 161 Å². The Morgan fingerprint density at radius 3 is 1.24 bits per heavy atom. The zero-order chi connectivity index (χ0) is 42.6. The SMILES string of the molecule is CCCCCCCC/C=C\CCCCCCCCCCCC(=O)OC(COC(=O)CCCCCCCCCCCCCCCCCC)COP(=O)(O)OCC(O)CO. The first-order valence-electron chi connectivity index (χ1n) is 24.1. The molecule has 0 saturated heterocycles. The highest BCUT2D eigenvalue weighted by Gasteiger charge is 2.27. The summed E-state index contributed by atoms with van der Waals surface area (Å²) >= 11 is 0. The van der Waals surface area contributed by atoms with Crippen LogP contribution < -0.4 is 0 Å². The van der Waals surface area contributed by atoms with Crippen LogP contribution in [0.15, 0.2) is 12.2 Å². The van der Waals surface area contributed by atoms with Crippen molar-refractivity contribution in [2.45, 2.75) is 251 Å². The number of esters is 2. The molecular formula is C47H91O10P. The van der Waals surface area contributed by atoms with Crippen molar-refractivity contribution in [2.24, 2.45) is 0 Å². The van der Waals surface area contributed by atoms with Crippen LogP contribution in [-0.2, 0) is 32.7 Å². The average Bonchev–Trinajstić information content (AvgIpc) is 3.21. The maximum atomic E-state index is 12.6. The number of hydrogen-bond donors (Lipinski definition) is 3. The number of aliphatic hydroxyl groups is 2. The first kappa shape index (κ1) is 56.7. The number of rotatable bonds is 46. The van der Waals surface area contributed by atoms with Crippen molar-refractivity contribution < 1.29 is 47.8 Å². The Bertz CT molecular complexity index is 977. The number of carbonyl (C=O) groups excluding carboxylic acids is 2. The quantitative estimate of drug-likeness (QED) is 0.0234. The van der Waals surface area contributed by atoms with Gasteiger partial charge in [-0.05, 0) is 38.5 Å². The van der Waals surface area contributed by atoms with Gasteiger partial charge in [0.15, 0.2) is 6.10 Å². The molecular weight excluding hydrogens is 755 g/mol. The van der Waals surface area contributed by atoms with Gasteiger partial charge in [0.2, 0.25) is 0 Å². The molecule has 0 fully saturated rings. The molecule has 0 aliphatic rings. The molecule has 0 bridgehead atoms. The first-order chi connectivity index (χ1) is 28.2. The Labute approximate surface area is 356 Å². The van der Waals surface area contributed by atoms with Gasteiger partial charge in [-0.15, -0.1) is 0 Å². The Kier molecular flexibility index (Phi) is 42.8. The summed E-state index contributed by atoms with van der Waals surface area (Å²) in [5.74, 6) is -0.913. The molecule has 3 unspecified atom stereocenters. The first-order valence-corrected chi connectivity index (χ1v) is 25.6. The Morgan fingerprint density at radius 2 is 0.845 bits per heavy atom. The molecule has 11 heteroatoms. The van der Waals surface area contributed by atoms with Gasteiger partial charge >= 0.3 is 19.8 Å². The van der Waals surface area contributed by atoms with Crippen LogP contribution in [0.4, 0.5) is 0 Å². The van der Waals surface area contributed by atoms with E-state index in [-0.39, 0.29) is 19.4 Å². The highest BCUT2D eigenvalue weighted by molar-refractivity contribution is 7.47. The second-order valence-corrected chi connectivity index (χ2v) is 17.9. The van der Waals surface area contributed by atoms with Crippen LogP contribution in [0.3, 0.4) is 0 Å². The lowest BCUT2D eigenvalue weighted by Crippen LogP contribution is -2.29. The summed E-state index contributed by atoms with van der Waals surface area (Å²) in [4.78, 5) is 35.1. The molecule has 0 aliphatic carbocycles. The molecule has 3 atom stereocenters. The van der Waals surface area contributed by atoms with E-state index < -0.39 is 51.8 Å². The summed E-state index contributed by atoms with van der Waals surface area (Å²) in [6.45, 7) is 2.42. The minimum atomic E-state index is -4.62. The summed E-state index contributed by atoms with van der Waals surface area (Å²) in [6, 6.07) is 0. The van der Waals surface area contributed by atoms with Crippen molar-refractivity contribution in [3.05, 3.63) is 12.2 Å². The van der Waals surface area contributed by atoms with Crippen LogP contribution in [-0.4, -0.2) is 65.7 Å². The molecule has 58 heavy (non-hydrogen) atoms. The van der Waals surface area contributed by atoms with Gasteiger partial charge < -0.3 is 24.6 Å². The van der Waals surface area contributed by atoms with Crippen LogP contribution in [0.2, 0.25) is 0 Å². The second kappa shape index (κ2) is 43.8. The van der Waals surface area contributed by atoms with E-state index in [1.54, 1.807) is 0 Å². The van der Waals surface area contributed by atoms with Gasteiger partial charge in [0.25, 0.3) is 0 Å². The van der Waals surface area contributed by atoms with Crippen molar-refractivity contribution in [3.8, 4) is 0 Å². The van der Waals surface area contributed by atoms with Crippen LogP contribution >= 0.6 is 7.82 Å². The molecule has 0 aromatic heterocycles. The summed E-state index contributed by atoms with van der Waals surface area (Å²) in [5.41, 5.74) is 0. The smallest absolute Gasteiger partial charge is 0.462 e. The number of allylic oxidation sites excluding steroid dienone is 2. The molecule has 0 aliphatic heterocycles. The molecule has 0 aromatic carbocycles. The molecule has 0 spiro atoms. The number of ether oxygens (including phenoxy) is 2. The Morgan fingerprint density at radius 1 is 0.500 bits per heavy atom. The summed E-state index contributed by atoms with van der Waals surface area (Å²) in [7, 11) is -4.62. The van der Waals surface area contributed by atoms with Crippen molar-refractivity contribution in [3.63, 3.8) is 0 Å². The monoisotopic (exact) mass is 847 g/mol. The zero-order valence-corrected chi connectivity index (χ0v) is 38.4. The number of carbonyl (C=O) groups is 2. The predicted octanol–water partition coefficient (Wildman–Crippen LogP) is 13.2. The topological polar surface area (TPSA) is 149 Å². The van der Waals surface area contributed by atoms with E-state index in [0.717, 1.165) is 38.5 Å². The zero-order valence-electron chi connectivity index (χ0n) is 37.5. The summed E-state index contributed by atoms with van der Waals surface area (Å²) in [5, 5.41) is 18.4. The fraction of sp³-hybridized carbons (Fsp3) is 0.915. The molecule has 10 nitrogen and oxygen atoms in total. The predicted molar refractivity (Wildman–Crippen MR) is 238 cm³/mol. The maximum absolute atomic E-state index is 12.6. The molecule has 0 heterocycles. The molecule has 0 aromatic rings. The molecule has 0 radical (unpaired) electrons. The summed E-state index contributed by atoms with van der Waals surface area (Å²) < 4.78 is 32.8. The number of unbranched alkanes of at least 4 members (excludes halogenated alkanes) is 30. The number of phosphoric acid groups is 1. The standard InChI is InChI=1S/C47H91O10P/c1-3-5-7-9-11-13-15-17-19-21-22-23-25-27-29-31-33-35-37-39-47(51)57-45(43-56-58(52,53)55-41-44(49)40-48)42-54-46(50)38-36-34-32-30-28-26-24-20-18-16-14-12-10-8-6-4-2/h17,19,44-45,48-49H,3-16,18,20-43H2,1-2H3,(H,52,53)/b19-17-. The van der Waals surface area contributed by atoms with E-state index in [2.05, 4.69) is 26.0 Å². The normalized spacial score (nSPS) is 13.8. The van der Waals surface area contributed by atoms with Gasteiger partial charge in [0, 0.05) is 12.8 Å². The van der Waals surface area contributed by atoms with E-state index in [1.807, 2.05) is 0 Å². The molecule has 0 rings (SSSR count). The van der Waals surface area contributed by atoms with Crippen molar-refractivity contribution >= 4 is 19.8 Å². The van der Waals surface area contributed by atoms with Gasteiger partial charge in [0.05, 0.1) is 19.8 Å². The lowest BCUT2D eigenvalue weighted by atomic mass is 10.0. The van der Waals surface area contributed by atoms with E-state index >= 15 is 0 Å². The van der Waals surface area contributed by atoms with Crippen molar-refractivity contribution in [2.75, 3.05) is 26.4 Å². The molecule has 0 amide bonds. The van der Waals surface area contributed by atoms with E-state index in [0.29, 0.717) is 12.8 Å². The minimum absolute atomic E-state index is 0.187. The average molecular weight is 847 g/mol. The third-order valence-electron chi connectivity index (χ3n) is 10.7. The Hall–Kier alpha value is -1.29. The maximum Gasteiger partial charge on any atom is 0.472 e. The van der Waals surface area contributed by atoms with Gasteiger partial charge in [-0.25, -0.2) is 4.57 Å². The number of phosphoric ester groups is 1. The third kappa shape index (κ3) is 42.8. The van der Waals surface area contributed by atoms with E-state index in [9.17, 15) is 24.2 Å². The van der Waals surface area contributed by atoms with Crippen molar-refractivity contribution in [1.82, 2.24) is 0 Å². The third-order valence-corrected chi connectivity index (χ3v) is 11.6. The highest BCUT2D eigenvalue weighted by atomic mass is 31.2. The summed E-state index contributed by atoms with van der Waals surface area (Å²) in [6.07, 6.45) is 43.1. The fourth-order valence-corrected chi connectivity index (χ4v) is 7.72. The lowest BCUT2D eigenvalue weighted by molar-refractivity contribution is -0.161. The molecule has 0 saturated carbocycles. The molecule has 344 valence electrons. The van der Waals surface area contributed by atoms with Crippen molar-refractivity contribution in [1.29, 1.82) is 0 Å². The highest BCUT2D eigenvalue weighted by Crippen LogP contribution is 2.43. The van der Waals surface area contributed by atoms with E-state index in [4.69, 9.17) is 23.6 Å². The largest absolute Gasteiger partial charge is 0.472 e. The van der Waals surface area contributed by atoms with Crippen LogP contribution in [0.1, 0.15) is 239 Å². The Balaban J connectivity index is 4.19. The van der Waals surface area contributed by atoms with Crippen LogP contribution in [0.25, 0.3) is 0 Å². The van der Waals surface area contributed by atoms with Crippen LogP contribution in [0.5, 0.6) is 0 Å². The lowest BCUT2D eigenvalue weighted by Gasteiger charge is -2.20. The number of hydrogen-bond acceptors (Lipinski definition) is 9. The van der Waals surface area contributed by atoms with Gasteiger partial charge in [0.1, 0.15) is 12.7 Å². The minimum Gasteiger partial charge on any atom is -0.462 e. The molecule has 3 N–H and O–H groups in total. The fourth-order valence-electron chi connectivity index (χ4n) is 6.93. The van der Waals surface area contributed by atoms with Gasteiger partial charge in [-0.3, -0.25) is 18.6 Å². The van der Waals surface area contributed by atoms with Gasteiger partial charge in [-0.2, -0.15) is 0 Å².